The van der Waals surface area contributed by atoms with Crippen molar-refractivity contribution in [1.29, 1.82) is 0 Å². The Bertz CT molecular complexity index is 188. The van der Waals surface area contributed by atoms with E-state index < -0.39 is 0 Å². The standard InChI is InChI=1S/C12H26N2OS/c1-5-7-8-13-12(15)11(4)14-10(3)9-16-6-2/h10-11,14H,5-9H2,1-4H3,(H,13,15). The molecular formula is C12H26N2OS. The van der Waals surface area contributed by atoms with E-state index in [1.807, 2.05) is 18.7 Å². The molecule has 0 saturated heterocycles. The number of unbranched alkanes of at least 4 members (excludes halogenated alkanes) is 1. The molecule has 2 atom stereocenters. The molecule has 0 aromatic rings. The number of rotatable bonds is 9. The third-order valence-corrected chi connectivity index (χ3v) is 3.47. The molecule has 0 spiro atoms. The van der Waals surface area contributed by atoms with Gasteiger partial charge in [0, 0.05) is 18.3 Å². The van der Waals surface area contributed by atoms with E-state index in [0.29, 0.717) is 6.04 Å². The van der Waals surface area contributed by atoms with Crippen LogP contribution in [0, 0.1) is 0 Å². The van der Waals surface area contributed by atoms with Crippen LogP contribution < -0.4 is 10.6 Å². The van der Waals surface area contributed by atoms with Crippen LogP contribution in [0.5, 0.6) is 0 Å². The lowest BCUT2D eigenvalue weighted by atomic mass is 10.2. The molecule has 0 aromatic heterocycles. The zero-order valence-corrected chi connectivity index (χ0v) is 11.8. The molecule has 3 nitrogen and oxygen atoms in total. The highest BCUT2D eigenvalue weighted by molar-refractivity contribution is 7.99. The van der Waals surface area contributed by atoms with Crippen molar-refractivity contribution in [3.63, 3.8) is 0 Å². The minimum Gasteiger partial charge on any atom is -0.355 e. The average molecular weight is 246 g/mol. The highest BCUT2D eigenvalue weighted by Gasteiger charge is 2.14. The molecule has 0 heterocycles. The summed E-state index contributed by atoms with van der Waals surface area (Å²) in [5.41, 5.74) is 0. The van der Waals surface area contributed by atoms with Gasteiger partial charge < -0.3 is 10.6 Å². The van der Waals surface area contributed by atoms with Crippen molar-refractivity contribution in [3.8, 4) is 0 Å². The predicted octanol–water partition coefficient (Wildman–Crippen LogP) is 2.02. The number of carbonyl (C=O) groups excluding carboxylic acids is 1. The first-order chi connectivity index (χ1) is 7.61. The second-order valence-corrected chi connectivity index (χ2v) is 5.41. The fourth-order valence-corrected chi connectivity index (χ4v) is 2.07. The molecule has 0 bridgehead atoms. The van der Waals surface area contributed by atoms with Crippen LogP contribution in [0.3, 0.4) is 0 Å². The first-order valence-corrected chi connectivity index (χ1v) is 7.38. The van der Waals surface area contributed by atoms with Gasteiger partial charge >= 0.3 is 0 Å². The number of thioether (sulfide) groups is 1. The summed E-state index contributed by atoms with van der Waals surface area (Å²) in [7, 11) is 0. The van der Waals surface area contributed by atoms with Crippen molar-refractivity contribution in [2.24, 2.45) is 0 Å². The summed E-state index contributed by atoms with van der Waals surface area (Å²) in [6.45, 7) is 9.11. The maximum atomic E-state index is 11.6. The van der Waals surface area contributed by atoms with Crippen LogP contribution in [0.1, 0.15) is 40.5 Å². The minimum absolute atomic E-state index is 0.0932. The number of hydrogen-bond donors (Lipinski definition) is 2. The van der Waals surface area contributed by atoms with Crippen LogP contribution in [-0.4, -0.2) is 36.0 Å². The van der Waals surface area contributed by atoms with E-state index >= 15 is 0 Å². The van der Waals surface area contributed by atoms with Gasteiger partial charge in [0.25, 0.3) is 0 Å². The van der Waals surface area contributed by atoms with Crippen LogP contribution >= 0.6 is 11.8 Å². The van der Waals surface area contributed by atoms with Crippen molar-refractivity contribution >= 4 is 17.7 Å². The Hall–Kier alpha value is -0.220. The minimum atomic E-state index is -0.0932. The molecule has 16 heavy (non-hydrogen) atoms. The highest BCUT2D eigenvalue weighted by Crippen LogP contribution is 2.02. The third kappa shape index (κ3) is 7.99. The zero-order chi connectivity index (χ0) is 12.4. The fourth-order valence-electron chi connectivity index (χ4n) is 1.39. The zero-order valence-electron chi connectivity index (χ0n) is 11.0. The van der Waals surface area contributed by atoms with Crippen LogP contribution in [0.25, 0.3) is 0 Å². The average Bonchev–Trinajstić information content (AvgIpc) is 2.26. The lowest BCUT2D eigenvalue weighted by Crippen LogP contribution is -2.46. The molecule has 2 N–H and O–H groups in total. The van der Waals surface area contributed by atoms with Crippen molar-refractivity contribution < 1.29 is 4.79 Å². The van der Waals surface area contributed by atoms with Gasteiger partial charge in [0.15, 0.2) is 0 Å². The lowest BCUT2D eigenvalue weighted by Gasteiger charge is -2.19. The Morgan fingerprint density at radius 3 is 2.56 bits per heavy atom. The summed E-state index contributed by atoms with van der Waals surface area (Å²) in [4.78, 5) is 11.6. The highest BCUT2D eigenvalue weighted by atomic mass is 32.2. The number of hydrogen-bond acceptors (Lipinski definition) is 3. The van der Waals surface area contributed by atoms with E-state index in [4.69, 9.17) is 0 Å². The smallest absolute Gasteiger partial charge is 0.236 e. The summed E-state index contributed by atoms with van der Waals surface area (Å²) < 4.78 is 0. The summed E-state index contributed by atoms with van der Waals surface area (Å²) in [5, 5.41) is 6.25. The van der Waals surface area contributed by atoms with Gasteiger partial charge in [-0.1, -0.05) is 20.3 Å². The normalized spacial score (nSPS) is 14.5. The molecule has 4 heteroatoms. The Balaban J connectivity index is 3.68. The van der Waals surface area contributed by atoms with Gasteiger partial charge in [-0.25, -0.2) is 0 Å². The molecule has 1 amide bonds. The summed E-state index contributed by atoms with van der Waals surface area (Å²) >= 11 is 1.90. The summed E-state index contributed by atoms with van der Waals surface area (Å²) in [6.07, 6.45) is 2.17. The van der Waals surface area contributed by atoms with E-state index in [0.717, 1.165) is 30.9 Å². The fraction of sp³-hybridized carbons (Fsp3) is 0.917. The first-order valence-electron chi connectivity index (χ1n) is 6.23. The maximum Gasteiger partial charge on any atom is 0.236 e. The van der Waals surface area contributed by atoms with Crippen LogP contribution in [0.2, 0.25) is 0 Å². The van der Waals surface area contributed by atoms with Gasteiger partial charge in [0.2, 0.25) is 5.91 Å². The number of carbonyl (C=O) groups is 1. The summed E-state index contributed by atoms with van der Waals surface area (Å²) in [5.74, 6) is 2.30. The molecule has 96 valence electrons. The Morgan fingerprint density at radius 2 is 2.00 bits per heavy atom. The number of nitrogens with one attached hydrogen (secondary N) is 2. The summed E-state index contributed by atoms with van der Waals surface area (Å²) in [6, 6.07) is 0.293. The second kappa shape index (κ2) is 9.97. The monoisotopic (exact) mass is 246 g/mol. The van der Waals surface area contributed by atoms with E-state index in [-0.39, 0.29) is 11.9 Å². The Morgan fingerprint density at radius 1 is 1.31 bits per heavy atom. The van der Waals surface area contributed by atoms with E-state index in [9.17, 15) is 4.79 Å². The Kier molecular flexibility index (Phi) is 9.83. The molecule has 0 aliphatic heterocycles. The largest absolute Gasteiger partial charge is 0.355 e. The third-order valence-electron chi connectivity index (χ3n) is 2.33. The predicted molar refractivity (Wildman–Crippen MR) is 73.0 cm³/mol. The molecule has 2 unspecified atom stereocenters. The SMILES string of the molecule is CCCCNC(=O)C(C)NC(C)CSCC. The maximum absolute atomic E-state index is 11.6. The van der Waals surface area contributed by atoms with Crippen LogP contribution in [0.4, 0.5) is 0 Å². The van der Waals surface area contributed by atoms with E-state index in [2.05, 4.69) is 31.4 Å². The molecule has 0 aliphatic carbocycles. The molecule has 0 saturated carbocycles. The second-order valence-electron chi connectivity index (χ2n) is 4.09. The molecule has 0 aliphatic rings. The van der Waals surface area contributed by atoms with Crippen molar-refractivity contribution in [1.82, 2.24) is 10.6 Å². The molecule has 0 aromatic carbocycles. The van der Waals surface area contributed by atoms with Gasteiger partial charge in [0.1, 0.15) is 0 Å². The van der Waals surface area contributed by atoms with Crippen molar-refractivity contribution in [2.75, 3.05) is 18.1 Å². The van der Waals surface area contributed by atoms with E-state index in [1.165, 1.54) is 0 Å². The quantitative estimate of drug-likeness (QED) is 0.612. The van der Waals surface area contributed by atoms with Crippen molar-refractivity contribution in [3.05, 3.63) is 0 Å². The Labute approximate surface area is 104 Å². The molecule has 0 rings (SSSR count). The van der Waals surface area contributed by atoms with Gasteiger partial charge in [-0.05, 0) is 26.0 Å². The number of amides is 1. The van der Waals surface area contributed by atoms with Gasteiger partial charge in [-0.2, -0.15) is 11.8 Å². The van der Waals surface area contributed by atoms with Gasteiger partial charge in [-0.15, -0.1) is 0 Å². The van der Waals surface area contributed by atoms with E-state index in [1.54, 1.807) is 0 Å². The molecule has 0 radical (unpaired) electrons. The van der Waals surface area contributed by atoms with Gasteiger partial charge in [-0.3, -0.25) is 4.79 Å². The van der Waals surface area contributed by atoms with Gasteiger partial charge in [0.05, 0.1) is 6.04 Å². The van der Waals surface area contributed by atoms with Crippen LogP contribution in [0.15, 0.2) is 0 Å². The van der Waals surface area contributed by atoms with Crippen LogP contribution in [-0.2, 0) is 4.79 Å². The first kappa shape index (κ1) is 15.8. The molecular weight excluding hydrogens is 220 g/mol. The molecule has 0 fully saturated rings. The topological polar surface area (TPSA) is 41.1 Å². The lowest BCUT2D eigenvalue weighted by molar-refractivity contribution is -0.122. The van der Waals surface area contributed by atoms with Crippen molar-refractivity contribution in [2.45, 2.75) is 52.6 Å².